The van der Waals surface area contributed by atoms with Gasteiger partial charge in [0.15, 0.2) is 41.3 Å². The number of halogens is 1. The molecule has 3 aliphatic rings. The van der Waals surface area contributed by atoms with E-state index in [1.54, 1.807) is 0 Å². The first-order valence-corrected chi connectivity index (χ1v) is 27.2. The Hall–Kier alpha value is -5.05. The predicted octanol–water partition coefficient (Wildman–Crippen LogP) is -3.61. The molecule has 6 aromatic rings. The number of aryl methyl sites for hydroxylation is 2. The van der Waals surface area contributed by atoms with Gasteiger partial charge in [-0.1, -0.05) is 5.21 Å². The lowest BCUT2D eigenvalue weighted by molar-refractivity contribution is -0.646. The van der Waals surface area contributed by atoms with Crippen LogP contribution in [-0.2, 0) is 71.0 Å². The Balaban J connectivity index is 0.855. The fourth-order valence-electron chi connectivity index (χ4n) is 8.26. The summed E-state index contributed by atoms with van der Waals surface area (Å²) in [5.41, 5.74) is 9.53. The van der Waals surface area contributed by atoms with E-state index in [0.717, 1.165) is 29.0 Å². The van der Waals surface area contributed by atoms with Crippen LogP contribution in [0, 0.1) is 6.92 Å². The van der Waals surface area contributed by atoms with E-state index in [1.165, 1.54) is 29.4 Å². The molecule has 16 atom stereocenters. The Morgan fingerprint density at radius 2 is 1.36 bits per heavy atom. The van der Waals surface area contributed by atoms with Gasteiger partial charge in [0, 0.05) is 7.11 Å². The van der Waals surface area contributed by atoms with Crippen molar-refractivity contribution in [3.63, 3.8) is 0 Å². The fraction of sp³-hybridized carbons (Fsp3) is 0.562. The van der Waals surface area contributed by atoms with E-state index >= 15 is 4.39 Å². The quantitative estimate of drug-likeness (QED) is 0.0276. The van der Waals surface area contributed by atoms with Crippen molar-refractivity contribution in [2.75, 3.05) is 38.4 Å². The smallest absolute Gasteiger partial charge is 0.387 e. The minimum atomic E-state index is -6.22. The van der Waals surface area contributed by atoms with Crippen LogP contribution in [0.5, 0.6) is 0 Å². The van der Waals surface area contributed by atoms with Gasteiger partial charge in [0.2, 0.25) is 18.5 Å². The van der Waals surface area contributed by atoms with Gasteiger partial charge in [-0.15, -0.1) is 5.10 Å². The maximum Gasteiger partial charge on any atom is 0.490 e. The number of nitrogens with two attached hydrogens (primary N) is 2. The molecule has 0 spiro atoms. The lowest BCUT2D eigenvalue weighted by atomic mass is 10.1. The Labute approximate surface area is 414 Å². The number of imidazole rings is 2. The summed E-state index contributed by atoms with van der Waals surface area (Å²) < 4.78 is 124. The number of nitrogens with zero attached hydrogens (tertiary/aromatic N) is 11. The number of phosphoric ester groups is 3. The molecule has 9 rings (SSSR count). The van der Waals surface area contributed by atoms with Crippen molar-refractivity contribution in [3.8, 4) is 0 Å². The van der Waals surface area contributed by atoms with Crippen molar-refractivity contribution in [2.24, 2.45) is 7.05 Å². The fourth-order valence-corrected chi connectivity index (χ4v) is 12.7. The number of aromatic nitrogens is 13. The first kappa shape index (κ1) is 54.7. The highest BCUT2D eigenvalue weighted by atomic mass is 31.3. The molecule has 7 unspecified atom stereocenters. The molecule has 3 saturated heterocycles. The Kier molecular flexibility index (Phi) is 14.9. The molecule has 3 aliphatic heterocycles. The van der Waals surface area contributed by atoms with Gasteiger partial charge in [-0.2, -0.15) is 22.9 Å². The highest BCUT2D eigenvalue weighted by molar-refractivity contribution is 7.66. The van der Waals surface area contributed by atoms with E-state index in [0.29, 0.717) is 0 Å². The number of aliphatic hydroxyl groups excluding tert-OH is 3. The minimum Gasteiger partial charge on any atom is -0.387 e. The van der Waals surface area contributed by atoms with Crippen molar-refractivity contribution in [3.05, 3.63) is 45.5 Å². The van der Waals surface area contributed by atoms with Crippen LogP contribution >= 0.6 is 31.3 Å². The second-order valence-corrected chi connectivity index (χ2v) is 22.5. The second kappa shape index (κ2) is 20.4. The zero-order valence-corrected chi connectivity index (χ0v) is 41.8. The van der Waals surface area contributed by atoms with Gasteiger partial charge >= 0.3 is 36.9 Å². The van der Waals surface area contributed by atoms with E-state index < -0.39 is 136 Å². The number of aromatic amines is 2. The number of H-pyrrole nitrogens is 2. The molecule has 0 aliphatic carbocycles. The molecule has 0 bridgehead atoms. The van der Waals surface area contributed by atoms with E-state index in [-0.39, 0.29) is 51.1 Å². The third-order valence-corrected chi connectivity index (χ3v) is 16.7. The molecule has 13 N–H and O–H groups in total. The molecule has 0 amide bonds. The molecule has 43 heteroatoms. The number of phosphoric acid groups is 4. The number of hydrogen-bond acceptors (Lipinski definition) is 28. The van der Waals surface area contributed by atoms with Crippen molar-refractivity contribution in [1.82, 2.24) is 59.0 Å². The molecule has 0 aromatic carbocycles. The topological polar surface area (TPSA) is 529 Å². The van der Waals surface area contributed by atoms with Crippen molar-refractivity contribution in [2.45, 2.75) is 80.6 Å². The molecule has 75 heavy (non-hydrogen) atoms. The molecule has 0 radical (unpaired) electrons. The number of fused-ring (bicyclic) bond motifs is 3. The average Bonchev–Trinajstić information content (AvgIpc) is 4.16. The molecule has 410 valence electrons. The van der Waals surface area contributed by atoms with Gasteiger partial charge in [0.1, 0.15) is 66.5 Å². The molecule has 6 aromatic heterocycles. The van der Waals surface area contributed by atoms with E-state index in [2.05, 4.69) is 53.8 Å². The molecular weight excluding hydrogens is 1110 g/mol. The largest absolute Gasteiger partial charge is 0.490 e. The zero-order chi connectivity index (χ0) is 54.3. The summed E-state index contributed by atoms with van der Waals surface area (Å²) in [6.07, 6.45) is -18.4. The van der Waals surface area contributed by atoms with E-state index in [4.69, 9.17) is 48.5 Å². The monoisotopic (exact) mass is 1150 g/mol. The minimum absolute atomic E-state index is 0.0109. The van der Waals surface area contributed by atoms with Crippen molar-refractivity contribution in [1.29, 1.82) is 0 Å². The predicted molar refractivity (Wildman–Crippen MR) is 236 cm³/mol. The highest BCUT2D eigenvalue weighted by Gasteiger charge is 2.54. The average molecular weight is 1150 g/mol. The third kappa shape index (κ3) is 11.0. The number of ether oxygens (including phenoxy) is 4. The molecule has 0 saturated carbocycles. The zero-order valence-electron chi connectivity index (χ0n) is 38.2. The van der Waals surface area contributed by atoms with Crippen LogP contribution in [-0.4, -0.2) is 176 Å². The third-order valence-electron chi connectivity index (χ3n) is 11.5. The summed E-state index contributed by atoms with van der Waals surface area (Å²) in [4.78, 5) is 91.6. The van der Waals surface area contributed by atoms with Gasteiger partial charge in [0.05, 0.1) is 33.2 Å². The maximum absolute atomic E-state index is 16.5. The molecular formula is C32H43FN15O23P4+. The van der Waals surface area contributed by atoms with Crippen LogP contribution in [0.25, 0.3) is 33.5 Å². The van der Waals surface area contributed by atoms with Crippen LogP contribution in [0.3, 0.4) is 0 Å². The van der Waals surface area contributed by atoms with Gasteiger partial charge in [-0.25, -0.2) is 47.2 Å². The number of anilines is 2. The van der Waals surface area contributed by atoms with Crippen LogP contribution in [0.15, 0.2) is 28.6 Å². The first-order chi connectivity index (χ1) is 35.2. The molecule has 3 fully saturated rings. The number of nitrogens with one attached hydrogen (secondary N) is 2. The molecule has 38 nitrogen and oxygen atoms in total. The van der Waals surface area contributed by atoms with Crippen LogP contribution in [0.1, 0.15) is 24.5 Å². The first-order valence-electron chi connectivity index (χ1n) is 21.2. The summed E-state index contributed by atoms with van der Waals surface area (Å²) in [6, 6.07) is 0. The second-order valence-electron chi connectivity index (χ2n) is 16.5. The number of methoxy groups -OCH3 is 1. The van der Waals surface area contributed by atoms with E-state index in [9.17, 15) is 62.7 Å². The standard InChI is InChI=1S/C32H42FN15O23P4/c1-10-39-25-16(27(52)40-10)43-44-48(25)31-19(50)18(49)11(66-31)4-63-72(54,55)69-21-12(67-29(14(21)33)46-8-38-15-23(34)36-7-37-24(15)46)5-64-73(56,57)70-75(60,61)71-74(58,59)65-6-13-22(62-3)20(51)30(68-13)47-9-45(2)17-26(47)41-32(35)42-28(17)53/h7-9,11-14,18-22,29-31,49-51H,4-6H2,1-3H3,(H9-,34,35,36,37,39,40,41,42,44,52,53,54,55,56,57,58,59,60,61)/p+1/t11-,12-,13-,14+,18?,19+,20?,21?,22+,29-,30-,31-/m1/s1. The SMILES string of the molecule is CO[C@@H]1C(O)[C@H](n2c[n+](C)c3c(=O)[nH]c(N)nc32)O[C@@H]1COP(=O)(O)OP(=O)(O)OP(=O)(O)OC[C@H]1O[C@@H](n2cnc3c(N)ncnc32)[C@@H](F)C1OP(=O)(O)OC[C@H]1O[C@@H](n2nnc3c(=O)[nH]c(C)nc32)[C@@H](O)C1O. The number of rotatable bonds is 19. The van der Waals surface area contributed by atoms with Gasteiger partial charge in [-0.3, -0.25) is 37.2 Å². The lowest BCUT2D eigenvalue weighted by Gasteiger charge is -2.24. The Morgan fingerprint density at radius 1 is 0.733 bits per heavy atom. The van der Waals surface area contributed by atoms with Gasteiger partial charge < -0.3 is 70.3 Å². The summed E-state index contributed by atoms with van der Waals surface area (Å²) in [6.45, 7) is -2.08. The number of nitrogen functional groups attached to an aromatic ring is 2. The van der Waals surface area contributed by atoms with E-state index in [1.807, 2.05) is 0 Å². The maximum atomic E-state index is 16.5. The van der Waals surface area contributed by atoms with Gasteiger partial charge in [-0.05, 0) is 6.92 Å². The number of hydrogen-bond donors (Lipinski definition) is 11. The van der Waals surface area contributed by atoms with Gasteiger partial charge in [0.25, 0.3) is 16.7 Å². The summed E-state index contributed by atoms with van der Waals surface area (Å²) >= 11 is 0. The summed E-state index contributed by atoms with van der Waals surface area (Å²) in [7, 11) is -21.1. The number of alkyl halides is 1. The summed E-state index contributed by atoms with van der Waals surface area (Å²) in [5, 5.41) is 40.1. The van der Waals surface area contributed by atoms with Crippen molar-refractivity contribution >= 4 is 76.5 Å². The highest BCUT2D eigenvalue weighted by Crippen LogP contribution is 2.68. The Bertz CT molecular complexity index is 3470. The van der Waals surface area contributed by atoms with Crippen LogP contribution < -0.4 is 27.2 Å². The molecule has 9 heterocycles. The summed E-state index contributed by atoms with van der Waals surface area (Å²) in [5.74, 6) is -0.328. The number of aliphatic hydroxyl groups is 3. The normalized spacial score (nSPS) is 30.5. The Morgan fingerprint density at radius 3 is 2.04 bits per heavy atom. The lowest BCUT2D eigenvalue weighted by Crippen LogP contribution is -2.35. The van der Waals surface area contributed by atoms with Crippen LogP contribution in [0.4, 0.5) is 16.2 Å². The van der Waals surface area contributed by atoms with Crippen molar-refractivity contribution < 1.29 is 108 Å². The van der Waals surface area contributed by atoms with Crippen LogP contribution in [0.2, 0.25) is 0 Å².